The molecular weight excluding hydrogens is 418 g/mol. The van der Waals surface area contributed by atoms with Crippen molar-refractivity contribution < 1.29 is 4.74 Å². The molecule has 0 radical (unpaired) electrons. The monoisotopic (exact) mass is 433 g/mol. The lowest BCUT2D eigenvalue weighted by atomic mass is 10.1. The van der Waals surface area contributed by atoms with E-state index in [1.54, 1.807) is 24.6 Å². The number of hydrogen-bond acceptors (Lipinski definition) is 6. The second kappa shape index (κ2) is 7.85. The largest absolute Gasteiger partial charge is 0.481 e. The van der Waals surface area contributed by atoms with Crippen LogP contribution in [0.1, 0.15) is 10.6 Å². The van der Waals surface area contributed by atoms with Gasteiger partial charge in [0, 0.05) is 29.0 Å². The quantitative estimate of drug-likeness (QED) is 0.401. The molecule has 3 heterocycles. The number of halogens is 1. The van der Waals surface area contributed by atoms with Crippen LogP contribution in [0.3, 0.4) is 0 Å². The molecule has 0 bridgehead atoms. The van der Waals surface area contributed by atoms with Gasteiger partial charge in [0.15, 0.2) is 0 Å². The molecule has 0 aliphatic heterocycles. The van der Waals surface area contributed by atoms with Crippen molar-refractivity contribution in [3.8, 4) is 27.7 Å². The number of nitrogens with one attached hydrogen (secondary N) is 1. The molecule has 0 atom stereocenters. The lowest BCUT2D eigenvalue weighted by molar-refractivity contribution is 0.398. The fraction of sp³-hybridized carbons (Fsp3) is 0.0909. The number of rotatable bonds is 5. The Morgan fingerprint density at radius 1 is 1.03 bits per heavy atom. The Morgan fingerprint density at radius 3 is 2.80 bits per heavy atom. The van der Waals surface area contributed by atoms with E-state index < -0.39 is 0 Å². The molecule has 30 heavy (non-hydrogen) atoms. The SMILES string of the molecule is COc1cccc(-c2cccc(-c3nnc(Cc4ccc5[nH]ncc5c4Cl)s3)c2)n1. The molecule has 5 aromatic rings. The highest BCUT2D eigenvalue weighted by Crippen LogP contribution is 2.31. The van der Waals surface area contributed by atoms with Crippen molar-refractivity contribution in [2.45, 2.75) is 6.42 Å². The average molecular weight is 434 g/mol. The number of benzene rings is 2. The molecule has 0 spiro atoms. The van der Waals surface area contributed by atoms with E-state index >= 15 is 0 Å². The van der Waals surface area contributed by atoms with Gasteiger partial charge in [0.25, 0.3) is 0 Å². The zero-order valence-electron chi connectivity index (χ0n) is 16.0. The molecule has 5 rings (SSSR count). The first-order valence-electron chi connectivity index (χ1n) is 9.26. The van der Waals surface area contributed by atoms with Crippen LogP contribution in [0, 0.1) is 0 Å². The van der Waals surface area contributed by atoms with Crippen LogP contribution >= 0.6 is 22.9 Å². The molecule has 8 heteroatoms. The molecule has 0 aliphatic rings. The summed E-state index contributed by atoms with van der Waals surface area (Å²) in [5.41, 5.74) is 4.77. The first-order valence-corrected chi connectivity index (χ1v) is 10.5. The van der Waals surface area contributed by atoms with E-state index in [2.05, 4.69) is 31.4 Å². The van der Waals surface area contributed by atoms with Gasteiger partial charge in [0.2, 0.25) is 5.88 Å². The number of pyridine rings is 1. The molecule has 3 aromatic heterocycles. The van der Waals surface area contributed by atoms with Crippen molar-refractivity contribution in [1.82, 2.24) is 25.4 Å². The van der Waals surface area contributed by atoms with Crippen molar-refractivity contribution in [2.24, 2.45) is 0 Å². The number of fused-ring (bicyclic) bond motifs is 1. The van der Waals surface area contributed by atoms with Crippen LogP contribution in [0.4, 0.5) is 0 Å². The zero-order chi connectivity index (χ0) is 20.5. The van der Waals surface area contributed by atoms with Crippen LogP contribution in [0.2, 0.25) is 5.02 Å². The Bertz CT molecular complexity index is 1350. The van der Waals surface area contributed by atoms with E-state index in [1.165, 1.54) is 0 Å². The summed E-state index contributed by atoms with van der Waals surface area (Å²) >= 11 is 8.11. The maximum atomic E-state index is 6.55. The first-order chi connectivity index (χ1) is 14.7. The Kier molecular flexibility index (Phi) is 4.90. The predicted octanol–water partition coefficient (Wildman–Crippen LogP) is 5.40. The maximum Gasteiger partial charge on any atom is 0.213 e. The van der Waals surface area contributed by atoms with E-state index in [4.69, 9.17) is 16.3 Å². The molecule has 0 fully saturated rings. The van der Waals surface area contributed by atoms with E-state index in [1.807, 2.05) is 48.5 Å². The average Bonchev–Trinajstić information content (AvgIpc) is 3.46. The Morgan fingerprint density at radius 2 is 1.90 bits per heavy atom. The Hall–Kier alpha value is -3.29. The summed E-state index contributed by atoms with van der Waals surface area (Å²) in [6, 6.07) is 17.8. The third kappa shape index (κ3) is 3.53. The minimum Gasteiger partial charge on any atom is -0.481 e. The third-order valence-electron chi connectivity index (χ3n) is 4.78. The van der Waals surface area contributed by atoms with E-state index in [0.717, 1.165) is 43.3 Å². The van der Waals surface area contributed by atoms with Crippen molar-refractivity contribution in [3.63, 3.8) is 0 Å². The second-order valence-corrected chi connectivity index (χ2v) is 8.13. The van der Waals surface area contributed by atoms with E-state index in [0.29, 0.717) is 17.3 Å². The lowest BCUT2D eigenvalue weighted by Gasteiger charge is -2.05. The van der Waals surface area contributed by atoms with Crippen molar-refractivity contribution >= 4 is 33.8 Å². The highest BCUT2D eigenvalue weighted by molar-refractivity contribution is 7.14. The number of nitrogens with zero attached hydrogens (tertiary/aromatic N) is 4. The van der Waals surface area contributed by atoms with Crippen LogP contribution in [-0.2, 0) is 6.42 Å². The number of ether oxygens (including phenoxy) is 1. The van der Waals surface area contributed by atoms with Gasteiger partial charge in [-0.3, -0.25) is 5.10 Å². The number of methoxy groups -OCH3 is 1. The molecule has 0 saturated heterocycles. The van der Waals surface area contributed by atoms with Crippen molar-refractivity contribution in [1.29, 1.82) is 0 Å². The molecule has 148 valence electrons. The summed E-state index contributed by atoms with van der Waals surface area (Å²) < 4.78 is 5.23. The molecule has 2 aromatic carbocycles. The van der Waals surface area contributed by atoms with Gasteiger partial charge in [-0.25, -0.2) is 4.98 Å². The summed E-state index contributed by atoms with van der Waals surface area (Å²) in [7, 11) is 1.61. The molecule has 1 N–H and O–H groups in total. The topological polar surface area (TPSA) is 76.6 Å². The number of aromatic nitrogens is 5. The molecule has 0 saturated carbocycles. The van der Waals surface area contributed by atoms with Gasteiger partial charge in [0.05, 0.1) is 29.5 Å². The standard InChI is InChI=1S/C22H16ClN5OS/c1-29-19-7-3-6-17(25-19)13-4-2-5-15(10-13)22-28-27-20(30-22)11-14-8-9-18-16(21(14)23)12-24-26-18/h2-10,12H,11H2,1H3,(H,24,26). The third-order valence-corrected chi connectivity index (χ3v) is 6.20. The normalized spacial score (nSPS) is 11.1. The van der Waals surface area contributed by atoms with Gasteiger partial charge in [0.1, 0.15) is 10.0 Å². The van der Waals surface area contributed by atoms with Crippen LogP contribution in [0.15, 0.2) is 60.8 Å². The molecule has 0 amide bonds. The van der Waals surface area contributed by atoms with Gasteiger partial charge < -0.3 is 4.74 Å². The summed E-state index contributed by atoms with van der Waals surface area (Å²) in [6.45, 7) is 0. The van der Waals surface area contributed by atoms with Crippen LogP contribution in [0.25, 0.3) is 32.7 Å². The number of H-pyrrole nitrogens is 1. The maximum absolute atomic E-state index is 6.55. The minimum atomic E-state index is 0.586. The lowest BCUT2D eigenvalue weighted by Crippen LogP contribution is -1.89. The predicted molar refractivity (Wildman–Crippen MR) is 119 cm³/mol. The van der Waals surface area contributed by atoms with Gasteiger partial charge in [-0.2, -0.15) is 5.10 Å². The Labute approximate surface area is 181 Å². The molecular formula is C22H16ClN5OS. The van der Waals surface area contributed by atoms with E-state index in [9.17, 15) is 0 Å². The van der Waals surface area contributed by atoms with Crippen molar-refractivity contribution in [2.75, 3.05) is 7.11 Å². The Balaban J connectivity index is 1.43. The molecule has 0 aliphatic carbocycles. The van der Waals surface area contributed by atoms with Crippen LogP contribution in [0.5, 0.6) is 5.88 Å². The first kappa shape index (κ1) is 18.7. The van der Waals surface area contributed by atoms with Gasteiger partial charge >= 0.3 is 0 Å². The fourth-order valence-corrected chi connectivity index (χ4v) is 4.41. The van der Waals surface area contributed by atoms with Gasteiger partial charge in [-0.15, -0.1) is 10.2 Å². The highest BCUT2D eigenvalue weighted by atomic mass is 35.5. The number of aromatic amines is 1. The van der Waals surface area contributed by atoms with Crippen molar-refractivity contribution in [3.05, 3.63) is 76.4 Å². The van der Waals surface area contributed by atoms with Gasteiger partial charge in [-0.1, -0.05) is 53.3 Å². The molecule has 6 nitrogen and oxygen atoms in total. The fourth-order valence-electron chi connectivity index (χ4n) is 3.27. The highest BCUT2D eigenvalue weighted by Gasteiger charge is 2.13. The number of hydrogen-bond donors (Lipinski definition) is 1. The smallest absolute Gasteiger partial charge is 0.213 e. The zero-order valence-corrected chi connectivity index (χ0v) is 17.5. The second-order valence-electron chi connectivity index (χ2n) is 6.69. The van der Waals surface area contributed by atoms with Crippen LogP contribution < -0.4 is 4.74 Å². The summed E-state index contributed by atoms with van der Waals surface area (Å²) in [5, 5.41) is 19.1. The van der Waals surface area contributed by atoms with Crippen LogP contribution in [-0.4, -0.2) is 32.5 Å². The molecule has 0 unspecified atom stereocenters. The summed E-state index contributed by atoms with van der Waals surface area (Å²) in [4.78, 5) is 4.51. The summed E-state index contributed by atoms with van der Waals surface area (Å²) in [6.07, 6.45) is 2.36. The van der Waals surface area contributed by atoms with Gasteiger partial charge in [-0.05, 0) is 23.8 Å². The van der Waals surface area contributed by atoms with E-state index in [-0.39, 0.29) is 0 Å². The summed E-state index contributed by atoms with van der Waals surface area (Å²) in [5.74, 6) is 0.586. The minimum absolute atomic E-state index is 0.586.